The third kappa shape index (κ3) is 4.18. The Balaban J connectivity index is 2.26. The van der Waals surface area contributed by atoms with Crippen LogP contribution in [0.15, 0.2) is 36.4 Å². The Morgan fingerprint density at radius 3 is 2.79 bits per heavy atom. The molecular weight excluding hydrogens is 351 g/mol. The summed E-state index contributed by atoms with van der Waals surface area (Å²) in [6, 6.07) is 11.9. The van der Waals surface area contributed by atoms with Gasteiger partial charge >= 0.3 is 0 Å². The first-order chi connectivity index (χ1) is 9.21. The van der Waals surface area contributed by atoms with Crippen LogP contribution in [0.2, 0.25) is 0 Å². The lowest BCUT2D eigenvalue weighted by Crippen LogP contribution is -2.01. The predicted molar refractivity (Wildman–Crippen MR) is 85.4 cm³/mol. The maximum Gasteiger partial charge on any atom is 0.219 e. The van der Waals surface area contributed by atoms with Gasteiger partial charge in [-0.2, -0.15) is 0 Å². The van der Waals surface area contributed by atoms with E-state index in [1.54, 1.807) is 0 Å². The van der Waals surface area contributed by atoms with Crippen LogP contribution in [0.3, 0.4) is 0 Å². The third-order valence-corrected chi connectivity index (χ3v) is 3.35. The summed E-state index contributed by atoms with van der Waals surface area (Å²) >= 11 is 2.26. The summed E-state index contributed by atoms with van der Waals surface area (Å²) in [6.45, 7) is 2.64. The molecule has 100 valence electrons. The number of aryl methyl sites for hydroxylation is 1. The SMILES string of the molecule is CCCc1cc(CN)cc(Oc2cccc(I)c2)n1. The molecule has 0 aliphatic rings. The molecule has 1 heterocycles. The third-order valence-electron chi connectivity index (χ3n) is 2.68. The number of rotatable bonds is 5. The van der Waals surface area contributed by atoms with Gasteiger partial charge in [-0.25, -0.2) is 4.98 Å². The van der Waals surface area contributed by atoms with E-state index in [-0.39, 0.29) is 0 Å². The highest BCUT2D eigenvalue weighted by Gasteiger charge is 2.04. The van der Waals surface area contributed by atoms with Crippen LogP contribution in [0, 0.1) is 3.57 Å². The Morgan fingerprint density at radius 1 is 1.26 bits per heavy atom. The van der Waals surface area contributed by atoms with E-state index in [1.165, 1.54) is 0 Å². The van der Waals surface area contributed by atoms with Crippen LogP contribution in [-0.4, -0.2) is 4.98 Å². The molecule has 1 aromatic carbocycles. The van der Waals surface area contributed by atoms with E-state index in [0.29, 0.717) is 12.4 Å². The molecule has 0 saturated carbocycles. The average Bonchev–Trinajstić information content (AvgIpc) is 2.39. The standard InChI is InChI=1S/C15H17IN2O/c1-2-4-13-7-11(10-17)8-15(18-13)19-14-6-3-5-12(16)9-14/h3,5-9H,2,4,10,17H2,1H3. The largest absolute Gasteiger partial charge is 0.439 e. The summed E-state index contributed by atoms with van der Waals surface area (Å²) in [6.07, 6.45) is 2.00. The lowest BCUT2D eigenvalue weighted by atomic mass is 10.1. The molecule has 0 atom stereocenters. The van der Waals surface area contributed by atoms with Gasteiger partial charge in [-0.05, 0) is 58.8 Å². The topological polar surface area (TPSA) is 48.1 Å². The van der Waals surface area contributed by atoms with Crippen molar-refractivity contribution in [2.24, 2.45) is 5.73 Å². The molecule has 2 N–H and O–H groups in total. The lowest BCUT2D eigenvalue weighted by molar-refractivity contribution is 0.459. The van der Waals surface area contributed by atoms with Crippen molar-refractivity contribution in [3.63, 3.8) is 0 Å². The maximum atomic E-state index is 5.82. The van der Waals surface area contributed by atoms with E-state index in [9.17, 15) is 0 Å². The van der Waals surface area contributed by atoms with Crippen LogP contribution in [0.25, 0.3) is 0 Å². The number of aromatic nitrogens is 1. The number of hydrogen-bond acceptors (Lipinski definition) is 3. The summed E-state index contributed by atoms with van der Waals surface area (Å²) in [4.78, 5) is 4.52. The second kappa shape index (κ2) is 6.86. The van der Waals surface area contributed by atoms with Crippen LogP contribution < -0.4 is 10.5 Å². The van der Waals surface area contributed by atoms with Gasteiger partial charge in [0.1, 0.15) is 5.75 Å². The molecule has 0 fully saturated rings. The van der Waals surface area contributed by atoms with Crippen molar-refractivity contribution < 1.29 is 4.74 Å². The number of halogens is 1. The van der Waals surface area contributed by atoms with Crippen molar-refractivity contribution in [3.8, 4) is 11.6 Å². The van der Waals surface area contributed by atoms with Gasteiger partial charge in [0, 0.05) is 21.9 Å². The monoisotopic (exact) mass is 368 g/mol. The Bertz CT molecular complexity index is 558. The molecule has 1 aromatic heterocycles. The number of benzene rings is 1. The molecule has 19 heavy (non-hydrogen) atoms. The van der Waals surface area contributed by atoms with Gasteiger partial charge in [0.05, 0.1) is 0 Å². The van der Waals surface area contributed by atoms with Gasteiger partial charge < -0.3 is 10.5 Å². The molecule has 2 rings (SSSR count). The second-order valence-corrected chi connectivity index (χ2v) is 5.56. The van der Waals surface area contributed by atoms with Gasteiger partial charge in [0.2, 0.25) is 5.88 Å². The maximum absolute atomic E-state index is 5.82. The molecule has 0 unspecified atom stereocenters. The first-order valence-corrected chi connectivity index (χ1v) is 7.42. The van der Waals surface area contributed by atoms with E-state index < -0.39 is 0 Å². The van der Waals surface area contributed by atoms with E-state index >= 15 is 0 Å². The minimum atomic E-state index is 0.502. The zero-order valence-electron chi connectivity index (χ0n) is 10.9. The zero-order chi connectivity index (χ0) is 13.7. The first-order valence-electron chi connectivity index (χ1n) is 6.34. The Morgan fingerprint density at radius 2 is 2.11 bits per heavy atom. The minimum Gasteiger partial charge on any atom is -0.439 e. The average molecular weight is 368 g/mol. The molecule has 0 bridgehead atoms. The molecule has 3 nitrogen and oxygen atoms in total. The molecule has 0 radical (unpaired) electrons. The number of nitrogens with zero attached hydrogens (tertiary/aromatic N) is 1. The Kier molecular flexibility index (Phi) is 5.15. The van der Waals surface area contributed by atoms with Crippen molar-refractivity contribution in [3.05, 3.63) is 51.2 Å². The second-order valence-electron chi connectivity index (χ2n) is 4.32. The summed E-state index contributed by atoms with van der Waals surface area (Å²) < 4.78 is 6.96. The van der Waals surface area contributed by atoms with E-state index in [0.717, 1.165) is 33.4 Å². The number of pyridine rings is 1. The zero-order valence-corrected chi connectivity index (χ0v) is 13.1. The summed E-state index contributed by atoms with van der Waals surface area (Å²) in [5, 5.41) is 0. The molecular formula is C15H17IN2O. The molecule has 0 spiro atoms. The quantitative estimate of drug-likeness (QED) is 0.815. The van der Waals surface area contributed by atoms with Crippen molar-refractivity contribution in [1.29, 1.82) is 0 Å². The van der Waals surface area contributed by atoms with Crippen molar-refractivity contribution >= 4 is 22.6 Å². The number of nitrogens with two attached hydrogens (primary N) is 1. The first kappa shape index (κ1) is 14.3. The normalized spacial score (nSPS) is 10.5. The van der Waals surface area contributed by atoms with Gasteiger partial charge in [0.15, 0.2) is 0 Å². The van der Waals surface area contributed by atoms with Crippen LogP contribution in [0.4, 0.5) is 0 Å². The molecule has 2 aromatic rings. The molecule has 0 saturated heterocycles. The highest BCUT2D eigenvalue weighted by atomic mass is 127. The summed E-state index contributed by atoms with van der Waals surface area (Å²) in [5.74, 6) is 1.42. The smallest absolute Gasteiger partial charge is 0.219 e. The number of ether oxygens (including phenoxy) is 1. The van der Waals surface area contributed by atoms with Gasteiger partial charge in [-0.15, -0.1) is 0 Å². The summed E-state index contributed by atoms with van der Waals surface area (Å²) in [5.41, 5.74) is 7.80. The highest BCUT2D eigenvalue weighted by molar-refractivity contribution is 14.1. The fourth-order valence-electron chi connectivity index (χ4n) is 1.83. The van der Waals surface area contributed by atoms with E-state index in [4.69, 9.17) is 10.5 Å². The Labute approximate surface area is 127 Å². The van der Waals surface area contributed by atoms with Crippen LogP contribution in [0.1, 0.15) is 24.6 Å². The van der Waals surface area contributed by atoms with Crippen molar-refractivity contribution in [2.75, 3.05) is 0 Å². The van der Waals surface area contributed by atoms with E-state index in [1.807, 2.05) is 36.4 Å². The molecule has 0 aliphatic carbocycles. The fraction of sp³-hybridized carbons (Fsp3) is 0.267. The lowest BCUT2D eigenvalue weighted by Gasteiger charge is -2.09. The molecule has 0 aliphatic heterocycles. The van der Waals surface area contributed by atoms with Crippen LogP contribution >= 0.6 is 22.6 Å². The molecule has 4 heteroatoms. The molecule has 0 amide bonds. The van der Waals surface area contributed by atoms with E-state index in [2.05, 4.69) is 34.5 Å². The number of hydrogen-bond donors (Lipinski definition) is 1. The fourth-order valence-corrected chi connectivity index (χ4v) is 2.34. The van der Waals surface area contributed by atoms with Gasteiger partial charge in [0.25, 0.3) is 0 Å². The highest BCUT2D eigenvalue weighted by Crippen LogP contribution is 2.23. The van der Waals surface area contributed by atoms with Crippen molar-refractivity contribution in [1.82, 2.24) is 4.98 Å². The van der Waals surface area contributed by atoms with Crippen molar-refractivity contribution in [2.45, 2.75) is 26.3 Å². The van der Waals surface area contributed by atoms with Crippen LogP contribution in [-0.2, 0) is 13.0 Å². The Hall–Kier alpha value is -1.14. The van der Waals surface area contributed by atoms with Gasteiger partial charge in [-0.1, -0.05) is 19.4 Å². The minimum absolute atomic E-state index is 0.502. The van der Waals surface area contributed by atoms with Gasteiger partial charge in [-0.3, -0.25) is 0 Å². The summed E-state index contributed by atoms with van der Waals surface area (Å²) in [7, 11) is 0. The predicted octanol–water partition coefficient (Wildman–Crippen LogP) is 3.89. The van der Waals surface area contributed by atoms with Crippen LogP contribution in [0.5, 0.6) is 11.6 Å².